The molecular formula is C18H23N3O3. The van der Waals surface area contributed by atoms with E-state index in [1.807, 2.05) is 0 Å². The summed E-state index contributed by atoms with van der Waals surface area (Å²) in [7, 11) is 0. The van der Waals surface area contributed by atoms with Gasteiger partial charge < -0.3 is 14.2 Å². The van der Waals surface area contributed by atoms with Crippen molar-refractivity contribution in [1.82, 2.24) is 10.1 Å². The molecule has 6 nitrogen and oxygen atoms in total. The lowest BCUT2D eigenvalue weighted by atomic mass is 10.1. The molecule has 0 atom stereocenters. The first-order valence-electron chi connectivity index (χ1n) is 8.24. The lowest BCUT2D eigenvalue weighted by Gasteiger charge is -2.32. The van der Waals surface area contributed by atoms with E-state index < -0.39 is 0 Å². The summed E-state index contributed by atoms with van der Waals surface area (Å²) in [6.07, 6.45) is 1.78. The number of rotatable bonds is 3. The van der Waals surface area contributed by atoms with Crippen LogP contribution < -0.4 is 10.1 Å². The number of urea groups is 1. The normalized spacial score (nSPS) is 15.4. The van der Waals surface area contributed by atoms with E-state index in [1.54, 1.807) is 17.9 Å². The second-order valence-corrected chi connectivity index (χ2v) is 6.33. The minimum Gasteiger partial charge on any atom is -0.490 e. The average molecular weight is 329 g/mol. The van der Waals surface area contributed by atoms with Crippen LogP contribution in [0.2, 0.25) is 0 Å². The summed E-state index contributed by atoms with van der Waals surface area (Å²) in [6.45, 7) is 7.23. The number of carbonyl (C=O) groups excluding carboxylic acids is 1. The lowest BCUT2D eigenvalue weighted by molar-refractivity contribution is 0.115. The van der Waals surface area contributed by atoms with Gasteiger partial charge in [0.15, 0.2) is 5.82 Å². The molecule has 6 heteroatoms. The monoisotopic (exact) mass is 329 g/mol. The highest BCUT2D eigenvalue weighted by Crippen LogP contribution is 2.24. The summed E-state index contributed by atoms with van der Waals surface area (Å²) in [4.78, 5) is 14.0. The summed E-state index contributed by atoms with van der Waals surface area (Å²) < 4.78 is 11.1. The number of ether oxygens (including phenoxy) is 1. The van der Waals surface area contributed by atoms with Crippen LogP contribution in [0.15, 0.2) is 28.8 Å². The van der Waals surface area contributed by atoms with Crippen LogP contribution in [-0.4, -0.2) is 35.3 Å². The number of likely N-dealkylation sites (tertiary alicyclic amines) is 1. The summed E-state index contributed by atoms with van der Waals surface area (Å²) >= 11 is 0. The highest BCUT2D eigenvalue weighted by Gasteiger charge is 2.24. The molecule has 1 aliphatic heterocycles. The fourth-order valence-electron chi connectivity index (χ4n) is 2.80. The molecule has 0 saturated carbocycles. The predicted molar refractivity (Wildman–Crippen MR) is 91.4 cm³/mol. The van der Waals surface area contributed by atoms with Crippen molar-refractivity contribution >= 4 is 11.8 Å². The van der Waals surface area contributed by atoms with E-state index in [0.29, 0.717) is 24.7 Å². The Morgan fingerprint density at radius 3 is 2.67 bits per heavy atom. The molecule has 2 amide bonds. The second kappa shape index (κ2) is 6.95. The molecule has 0 radical (unpaired) electrons. The number of hydrogen-bond acceptors (Lipinski definition) is 4. The van der Waals surface area contributed by atoms with E-state index in [9.17, 15) is 4.79 Å². The van der Waals surface area contributed by atoms with Crippen LogP contribution in [0, 0.1) is 20.8 Å². The fourth-order valence-corrected chi connectivity index (χ4v) is 2.80. The molecule has 0 aliphatic carbocycles. The topological polar surface area (TPSA) is 67.6 Å². The Kier molecular flexibility index (Phi) is 4.74. The van der Waals surface area contributed by atoms with Crippen molar-refractivity contribution in [1.29, 1.82) is 0 Å². The van der Waals surface area contributed by atoms with Gasteiger partial charge in [-0.15, -0.1) is 0 Å². The van der Waals surface area contributed by atoms with Crippen molar-refractivity contribution in [2.45, 2.75) is 39.7 Å². The molecular weight excluding hydrogens is 306 g/mol. The first-order chi connectivity index (χ1) is 11.5. The smallest absolute Gasteiger partial charge is 0.323 e. The maximum absolute atomic E-state index is 12.2. The number of carbonyl (C=O) groups is 1. The number of anilines is 1. The highest BCUT2D eigenvalue weighted by atomic mass is 16.5. The van der Waals surface area contributed by atoms with Crippen molar-refractivity contribution in [2.75, 3.05) is 18.4 Å². The van der Waals surface area contributed by atoms with E-state index in [1.165, 1.54) is 5.56 Å². The molecule has 2 aromatic rings. The third-order valence-electron chi connectivity index (χ3n) is 4.23. The average Bonchev–Trinajstić information content (AvgIpc) is 2.96. The molecule has 1 aromatic heterocycles. The Morgan fingerprint density at radius 1 is 1.25 bits per heavy atom. The molecule has 24 heavy (non-hydrogen) atoms. The molecule has 3 rings (SSSR count). The molecule has 1 fully saturated rings. The van der Waals surface area contributed by atoms with Gasteiger partial charge in [0.05, 0.1) is 0 Å². The fraction of sp³-hybridized carbons (Fsp3) is 0.444. The number of benzene rings is 1. The largest absolute Gasteiger partial charge is 0.490 e. The van der Waals surface area contributed by atoms with Gasteiger partial charge in [-0.2, -0.15) is 0 Å². The van der Waals surface area contributed by atoms with E-state index in [2.05, 4.69) is 42.5 Å². The van der Waals surface area contributed by atoms with Gasteiger partial charge in [0, 0.05) is 32.0 Å². The van der Waals surface area contributed by atoms with Crippen LogP contribution in [0.5, 0.6) is 5.75 Å². The van der Waals surface area contributed by atoms with Gasteiger partial charge in [-0.25, -0.2) is 4.79 Å². The molecule has 1 saturated heterocycles. The first kappa shape index (κ1) is 16.4. The van der Waals surface area contributed by atoms with Crippen molar-refractivity contribution < 1.29 is 14.1 Å². The Labute approximate surface area is 141 Å². The number of nitrogens with one attached hydrogen (secondary N) is 1. The van der Waals surface area contributed by atoms with Gasteiger partial charge in [0.1, 0.15) is 17.6 Å². The van der Waals surface area contributed by atoms with Gasteiger partial charge in [0.25, 0.3) is 0 Å². The number of piperidine rings is 1. The van der Waals surface area contributed by atoms with Gasteiger partial charge in [0.2, 0.25) is 0 Å². The van der Waals surface area contributed by atoms with E-state index >= 15 is 0 Å². The first-order valence-corrected chi connectivity index (χ1v) is 8.24. The zero-order valence-electron chi connectivity index (χ0n) is 14.3. The van der Waals surface area contributed by atoms with Crippen LogP contribution in [-0.2, 0) is 0 Å². The molecule has 1 aromatic carbocycles. The second-order valence-electron chi connectivity index (χ2n) is 6.33. The van der Waals surface area contributed by atoms with Crippen molar-refractivity contribution in [3.63, 3.8) is 0 Å². The van der Waals surface area contributed by atoms with Crippen molar-refractivity contribution in [2.24, 2.45) is 0 Å². The van der Waals surface area contributed by atoms with Crippen LogP contribution in [0.1, 0.15) is 29.7 Å². The van der Waals surface area contributed by atoms with E-state index in [-0.39, 0.29) is 12.1 Å². The van der Waals surface area contributed by atoms with E-state index in [4.69, 9.17) is 9.26 Å². The molecule has 0 spiro atoms. The molecule has 0 unspecified atom stereocenters. The molecule has 0 bridgehead atoms. The van der Waals surface area contributed by atoms with Gasteiger partial charge in [-0.05, 0) is 38.0 Å². The standard InChI is InChI=1S/C18H23N3O3/c1-12-4-5-13(2)16(10-12)23-15-6-8-21(9-7-15)18(22)19-17-11-14(3)24-20-17/h4-5,10-11,15H,6-9H2,1-3H3,(H,19,20,22). The van der Waals surface area contributed by atoms with Gasteiger partial charge in [-0.1, -0.05) is 17.3 Å². The van der Waals surface area contributed by atoms with Crippen LogP contribution >= 0.6 is 0 Å². The number of nitrogens with zero attached hydrogens (tertiary/aromatic N) is 2. The van der Waals surface area contributed by atoms with Crippen molar-refractivity contribution in [3.05, 3.63) is 41.2 Å². The van der Waals surface area contributed by atoms with Crippen LogP contribution in [0.3, 0.4) is 0 Å². The third kappa shape index (κ3) is 3.88. The lowest BCUT2D eigenvalue weighted by Crippen LogP contribution is -2.43. The summed E-state index contributed by atoms with van der Waals surface area (Å²) in [5.41, 5.74) is 2.33. The summed E-state index contributed by atoms with van der Waals surface area (Å²) in [6, 6.07) is 7.79. The summed E-state index contributed by atoms with van der Waals surface area (Å²) in [5, 5.41) is 6.54. The maximum Gasteiger partial charge on any atom is 0.323 e. The third-order valence-corrected chi connectivity index (χ3v) is 4.23. The highest BCUT2D eigenvalue weighted by molar-refractivity contribution is 5.88. The number of amides is 2. The maximum atomic E-state index is 12.2. The summed E-state index contributed by atoms with van der Waals surface area (Å²) in [5.74, 6) is 2.06. The van der Waals surface area contributed by atoms with Gasteiger partial charge in [-0.3, -0.25) is 5.32 Å². The quantitative estimate of drug-likeness (QED) is 0.933. The Hall–Kier alpha value is -2.50. The zero-order valence-corrected chi connectivity index (χ0v) is 14.3. The SMILES string of the molecule is Cc1ccc(C)c(OC2CCN(C(=O)Nc3cc(C)on3)CC2)c1. The molecule has 1 N–H and O–H groups in total. The van der Waals surface area contributed by atoms with Crippen molar-refractivity contribution in [3.8, 4) is 5.75 Å². The Bertz CT molecular complexity index is 718. The minimum absolute atomic E-state index is 0.142. The number of hydrogen-bond donors (Lipinski definition) is 1. The zero-order chi connectivity index (χ0) is 17.1. The predicted octanol–water partition coefficient (Wildman–Crippen LogP) is 3.68. The Balaban J connectivity index is 1.52. The number of aromatic nitrogens is 1. The van der Waals surface area contributed by atoms with E-state index in [0.717, 1.165) is 24.2 Å². The molecule has 128 valence electrons. The van der Waals surface area contributed by atoms with Gasteiger partial charge >= 0.3 is 6.03 Å². The molecule has 1 aliphatic rings. The minimum atomic E-state index is -0.145. The Morgan fingerprint density at radius 2 is 2.00 bits per heavy atom. The van der Waals surface area contributed by atoms with Crippen LogP contribution in [0.4, 0.5) is 10.6 Å². The number of aryl methyl sites for hydroxylation is 3. The molecule has 2 heterocycles. The van der Waals surface area contributed by atoms with Crippen LogP contribution in [0.25, 0.3) is 0 Å².